The molecule has 0 atom stereocenters. The van der Waals surface area contributed by atoms with Gasteiger partial charge in [0.15, 0.2) is 5.65 Å². The molecule has 0 aliphatic heterocycles. The summed E-state index contributed by atoms with van der Waals surface area (Å²) in [5, 5.41) is 30.0. The summed E-state index contributed by atoms with van der Waals surface area (Å²) in [7, 11) is 0. The van der Waals surface area contributed by atoms with E-state index in [9.17, 15) is 10.4 Å². The average molecular weight is 475 g/mol. The van der Waals surface area contributed by atoms with Crippen molar-refractivity contribution in [2.45, 2.75) is 44.8 Å². The molecule has 6 rings (SSSR count). The molecular weight excluding hydrogens is 448 g/mol. The lowest BCUT2D eigenvalue weighted by molar-refractivity contribution is 0.126. The van der Waals surface area contributed by atoms with Gasteiger partial charge in [-0.2, -0.15) is 10.4 Å². The Kier molecular flexibility index (Phi) is 5.59. The number of aryl methyl sites for hydroxylation is 1. The zero-order valence-electron chi connectivity index (χ0n) is 20.0. The van der Waals surface area contributed by atoms with E-state index in [1.807, 2.05) is 60.3 Å². The molecule has 1 fully saturated rings. The van der Waals surface area contributed by atoms with Crippen LogP contribution in [0, 0.1) is 18.3 Å². The third kappa shape index (κ3) is 3.96. The molecule has 0 saturated heterocycles. The van der Waals surface area contributed by atoms with Crippen LogP contribution in [-0.4, -0.2) is 37.0 Å². The number of benzene rings is 2. The number of nitriles is 1. The largest absolute Gasteiger partial charge is 0.393 e. The minimum absolute atomic E-state index is 0.221. The standard InChI is InChI=1S/C29H26N6O/c1-18-28-25(21-14-19-4-2-3-5-26(19)32-17-21)12-13-31-29(28)35(34-18)23-9-6-20(16-30)27(15-23)33-22-7-10-24(36)11-8-22/h2-6,9,12-15,17,22,24,33,36H,7-8,10-11H2,1H3. The first-order valence-electron chi connectivity index (χ1n) is 12.3. The highest BCUT2D eigenvalue weighted by molar-refractivity contribution is 5.97. The summed E-state index contributed by atoms with van der Waals surface area (Å²) in [6, 6.07) is 20.5. The van der Waals surface area contributed by atoms with E-state index in [2.05, 4.69) is 33.5 Å². The normalized spacial score (nSPS) is 17.8. The molecule has 7 nitrogen and oxygen atoms in total. The molecule has 0 bridgehead atoms. The number of anilines is 1. The van der Waals surface area contributed by atoms with Gasteiger partial charge in [0.2, 0.25) is 0 Å². The minimum Gasteiger partial charge on any atom is -0.393 e. The molecule has 3 aromatic heterocycles. The van der Waals surface area contributed by atoms with Gasteiger partial charge in [-0.3, -0.25) is 4.98 Å². The van der Waals surface area contributed by atoms with E-state index in [0.29, 0.717) is 5.56 Å². The van der Waals surface area contributed by atoms with Crippen LogP contribution < -0.4 is 5.32 Å². The monoisotopic (exact) mass is 474 g/mol. The lowest BCUT2D eigenvalue weighted by Gasteiger charge is -2.27. The van der Waals surface area contributed by atoms with Crippen LogP contribution in [0.25, 0.3) is 38.8 Å². The highest BCUT2D eigenvalue weighted by Gasteiger charge is 2.21. The van der Waals surface area contributed by atoms with Gasteiger partial charge in [-0.25, -0.2) is 9.67 Å². The Hall–Kier alpha value is -4.28. The first-order valence-corrected chi connectivity index (χ1v) is 12.3. The Labute approximate surface area is 209 Å². The molecule has 36 heavy (non-hydrogen) atoms. The van der Waals surface area contributed by atoms with Crippen molar-refractivity contribution in [1.29, 1.82) is 5.26 Å². The summed E-state index contributed by atoms with van der Waals surface area (Å²) >= 11 is 0. The van der Waals surface area contributed by atoms with Gasteiger partial charge in [0, 0.05) is 29.4 Å². The Balaban J connectivity index is 1.42. The number of pyridine rings is 2. The van der Waals surface area contributed by atoms with E-state index >= 15 is 0 Å². The molecule has 2 N–H and O–H groups in total. The Bertz CT molecular complexity index is 1620. The maximum absolute atomic E-state index is 9.84. The van der Waals surface area contributed by atoms with Crippen molar-refractivity contribution in [3.63, 3.8) is 0 Å². The van der Waals surface area contributed by atoms with Crippen molar-refractivity contribution in [1.82, 2.24) is 19.7 Å². The van der Waals surface area contributed by atoms with Crippen molar-refractivity contribution < 1.29 is 5.11 Å². The molecule has 0 radical (unpaired) electrons. The predicted molar refractivity (Wildman–Crippen MR) is 141 cm³/mol. The first kappa shape index (κ1) is 22.2. The number of aromatic nitrogens is 4. The Morgan fingerprint density at radius 3 is 2.69 bits per heavy atom. The highest BCUT2D eigenvalue weighted by Crippen LogP contribution is 2.33. The fourth-order valence-corrected chi connectivity index (χ4v) is 5.18. The number of para-hydroxylation sites is 1. The van der Waals surface area contributed by atoms with Gasteiger partial charge < -0.3 is 10.4 Å². The highest BCUT2D eigenvalue weighted by atomic mass is 16.3. The van der Waals surface area contributed by atoms with E-state index in [4.69, 9.17) is 5.10 Å². The van der Waals surface area contributed by atoms with Crippen molar-refractivity contribution in [2.24, 2.45) is 0 Å². The minimum atomic E-state index is -0.221. The van der Waals surface area contributed by atoms with Crippen molar-refractivity contribution in [3.8, 4) is 22.9 Å². The molecule has 0 amide bonds. The van der Waals surface area contributed by atoms with Gasteiger partial charge >= 0.3 is 0 Å². The summed E-state index contributed by atoms with van der Waals surface area (Å²) in [5.74, 6) is 0. The van der Waals surface area contributed by atoms with Crippen LogP contribution in [0.1, 0.15) is 36.9 Å². The molecule has 3 heterocycles. The van der Waals surface area contributed by atoms with Crippen molar-refractivity contribution in [2.75, 3.05) is 5.32 Å². The van der Waals surface area contributed by atoms with E-state index in [1.54, 1.807) is 6.20 Å². The van der Waals surface area contributed by atoms with E-state index in [-0.39, 0.29) is 12.1 Å². The number of nitrogens with zero attached hydrogens (tertiary/aromatic N) is 5. The number of nitrogens with one attached hydrogen (secondary N) is 1. The fourth-order valence-electron chi connectivity index (χ4n) is 5.18. The van der Waals surface area contributed by atoms with Gasteiger partial charge in [-0.05, 0) is 74.6 Å². The van der Waals surface area contributed by atoms with Crippen LogP contribution in [0.4, 0.5) is 5.69 Å². The zero-order chi connectivity index (χ0) is 24.6. The summed E-state index contributed by atoms with van der Waals surface area (Å²) in [6.45, 7) is 1.99. The van der Waals surface area contributed by atoms with Crippen LogP contribution in [0.15, 0.2) is 67.0 Å². The Morgan fingerprint density at radius 2 is 1.86 bits per heavy atom. The van der Waals surface area contributed by atoms with Crippen LogP contribution in [0.5, 0.6) is 0 Å². The lowest BCUT2D eigenvalue weighted by atomic mass is 9.93. The molecule has 1 aliphatic carbocycles. The number of hydrogen-bond acceptors (Lipinski definition) is 6. The zero-order valence-corrected chi connectivity index (χ0v) is 20.0. The molecule has 178 valence electrons. The second-order valence-electron chi connectivity index (χ2n) is 9.46. The topological polar surface area (TPSA) is 99.7 Å². The maximum Gasteiger partial charge on any atom is 0.163 e. The molecule has 0 unspecified atom stereocenters. The van der Waals surface area contributed by atoms with E-state index in [0.717, 1.165) is 75.8 Å². The van der Waals surface area contributed by atoms with Crippen LogP contribution >= 0.6 is 0 Å². The number of fused-ring (bicyclic) bond motifs is 2. The third-order valence-corrected chi connectivity index (χ3v) is 7.07. The Morgan fingerprint density at radius 1 is 1.03 bits per heavy atom. The second kappa shape index (κ2) is 9.06. The number of aliphatic hydroxyl groups is 1. The predicted octanol–water partition coefficient (Wildman–Crippen LogP) is 5.53. The molecule has 1 aliphatic rings. The maximum atomic E-state index is 9.84. The summed E-state index contributed by atoms with van der Waals surface area (Å²) in [5.41, 5.74) is 6.87. The van der Waals surface area contributed by atoms with Crippen LogP contribution in [-0.2, 0) is 0 Å². The first-order chi connectivity index (χ1) is 17.6. The molecular formula is C29H26N6O. The van der Waals surface area contributed by atoms with Gasteiger partial charge in [-0.15, -0.1) is 0 Å². The summed E-state index contributed by atoms with van der Waals surface area (Å²) in [6.07, 6.45) is 6.80. The lowest BCUT2D eigenvalue weighted by Crippen LogP contribution is -2.28. The molecule has 5 aromatic rings. The third-order valence-electron chi connectivity index (χ3n) is 7.07. The van der Waals surface area contributed by atoms with Crippen LogP contribution in [0.2, 0.25) is 0 Å². The van der Waals surface area contributed by atoms with Crippen molar-refractivity contribution in [3.05, 3.63) is 78.2 Å². The molecule has 1 saturated carbocycles. The quantitative estimate of drug-likeness (QED) is 0.355. The summed E-state index contributed by atoms with van der Waals surface area (Å²) in [4.78, 5) is 9.34. The van der Waals surface area contributed by atoms with E-state index in [1.165, 1.54) is 0 Å². The van der Waals surface area contributed by atoms with Gasteiger partial charge in [-0.1, -0.05) is 18.2 Å². The van der Waals surface area contributed by atoms with Crippen molar-refractivity contribution >= 4 is 27.6 Å². The van der Waals surface area contributed by atoms with Crippen LogP contribution in [0.3, 0.4) is 0 Å². The average Bonchev–Trinajstić information content (AvgIpc) is 3.26. The second-order valence-corrected chi connectivity index (χ2v) is 9.46. The molecule has 2 aromatic carbocycles. The SMILES string of the molecule is Cc1nn(-c2ccc(C#N)c(NC3CCC(O)CC3)c2)c2nccc(-c3cnc4ccccc4c3)c12. The summed E-state index contributed by atoms with van der Waals surface area (Å²) < 4.78 is 1.85. The molecule has 7 heteroatoms. The van der Waals surface area contributed by atoms with E-state index < -0.39 is 0 Å². The smallest absolute Gasteiger partial charge is 0.163 e. The number of aliphatic hydroxyl groups excluding tert-OH is 1. The fraction of sp³-hybridized carbons (Fsp3) is 0.241. The molecule has 0 spiro atoms. The number of hydrogen-bond donors (Lipinski definition) is 2. The van der Waals surface area contributed by atoms with Gasteiger partial charge in [0.05, 0.1) is 39.6 Å². The van der Waals surface area contributed by atoms with Gasteiger partial charge in [0.1, 0.15) is 6.07 Å². The van der Waals surface area contributed by atoms with Gasteiger partial charge in [0.25, 0.3) is 0 Å². The number of rotatable bonds is 4.